The van der Waals surface area contributed by atoms with E-state index in [-0.39, 0.29) is 5.91 Å². The third kappa shape index (κ3) is 2.79. The van der Waals surface area contributed by atoms with Crippen LogP contribution in [0.25, 0.3) is 10.2 Å². The molecule has 3 heterocycles. The van der Waals surface area contributed by atoms with Gasteiger partial charge >= 0.3 is 0 Å². The molecular weight excluding hydrogens is 362 g/mol. The molecule has 0 N–H and O–H groups in total. The van der Waals surface area contributed by atoms with E-state index in [2.05, 4.69) is 11.8 Å². The first-order valence-electron chi connectivity index (χ1n) is 7.77. The first kappa shape index (κ1) is 15.9. The number of fused-ring (bicyclic) bond motifs is 1. The monoisotopic (exact) mass is 377 g/mol. The van der Waals surface area contributed by atoms with Crippen LogP contribution < -0.4 is 4.90 Å². The van der Waals surface area contributed by atoms with Gasteiger partial charge in [0.15, 0.2) is 5.13 Å². The average molecular weight is 378 g/mol. The second-order valence-electron chi connectivity index (χ2n) is 5.80. The van der Waals surface area contributed by atoms with Crippen molar-refractivity contribution in [1.29, 1.82) is 0 Å². The number of thiophene rings is 1. The van der Waals surface area contributed by atoms with Crippen molar-refractivity contribution in [2.45, 2.75) is 6.92 Å². The molecule has 1 aromatic carbocycles. The van der Waals surface area contributed by atoms with Crippen LogP contribution in [0.2, 0.25) is 5.02 Å². The molecule has 0 aliphatic carbocycles. The lowest BCUT2D eigenvalue weighted by molar-refractivity contribution is 0.0751. The molecule has 1 amide bonds. The molecule has 0 atom stereocenters. The minimum absolute atomic E-state index is 0.132. The Labute approximate surface area is 153 Å². The maximum atomic E-state index is 12.4. The first-order chi connectivity index (χ1) is 11.6. The summed E-state index contributed by atoms with van der Waals surface area (Å²) in [5, 5.41) is 3.69. The number of benzene rings is 1. The van der Waals surface area contributed by atoms with Gasteiger partial charge in [0.2, 0.25) is 0 Å². The van der Waals surface area contributed by atoms with Gasteiger partial charge in [0, 0.05) is 26.2 Å². The minimum atomic E-state index is 0.132. The van der Waals surface area contributed by atoms with Gasteiger partial charge in [0.05, 0.1) is 20.1 Å². The second-order valence-corrected chi connectivity index (χ2v) is 8.13. The third-order valence-corrected chi connectivity index (χ3v) is 6.69. The Bertz CT molecular complexity index is 844. The number of carbonyl (C=O) groups is 1. The van der Waals surface area contributed by atoms with Gasteiger partial charge in [0.25, 0.3) is 5.91 Å². The Hall–Kier alpha value is -1.63. The highest BCUT2D eigenvalue weighted by atomic mass is 35.5. The number of thiazole rings is 1. The summed E-state index contributed by atoms with van der Waals surface area (Å²) in [4.78, 5) is 22.2. The summed E-state index contributed by atoms with van der Waals surface area (Å²) < 4.78 is 1.05. The summed E-state index contributed by atoms with van der Waals surface area (Å²) in [7, 11) is 0. The maximum Gasteiger partial charge on any atom is 0.264 e. The molecular formula is C17H16ClN3OS2. The molecule has 24 heavy (non-hydrogen) atoms. The van der Waals surface area contributed by atoms with Crippen LogP contribution in [0.3, 0.4) is 0 Å². The van der Waals surface area contributed by atoms with Crippen LogP contribution in [0.15, 0.2) is 29.6 Å². The zero-order valence-corrected chi connectivity index (χ0v) is 15.5. The minimum Gasteiger partial charge on any atom is -0.345 e. The maximum absolute atomic E-state index is 12.4. The molecule has 2 aromatic heterocycles. The lowest BCUT2D eigenvalue weighted by Gasteiger charge is -2.34. The Morgan fingerprint density at radius 3 is 2.67 bits per heavy atom. The molecule has 0 saturated carbocycles. The predicted octanol–water partition coefficient (Wildman–Crippen LogP) is 4.28. The van der Waals surface area contributed by atoms with E-state index in [0.717, 1.165) is 57.0 Å². The molecule has 1 aliphatic heterocycles. The number of carbonyl (C=O) groups excluding carboxylic acids is 1. The van der Waals surface area contributed by atoms with E-state index in [1.165, 1.54) is 11.3 Å². The largest absolute Gasteiger partial charge is 0.345 e. The van der Waals surface area contributed by atoms with Crippen molar-refractivity contribution < 1.29 is 4.79 Å². The normalized spacial score (nSPS) is 15.2. The number of nitrogens with zero attached hydrogens (tertiary/aromatic N) is 3. The number of rotatable bonds is 2. The Morgan fingerprint density at radius 2 is 2.00 bits per heavy atom. The van der Waals surface area contributed by atoms with Crippen molar-refractivity contribution in [2.24, 2.45) is 0 Å². The summed E-state index contributed by atoms with van der Waals surface area (Å²) in [6.07, 6.45) is 0. The van der Waals surface area contributed by atoms with E-state index in [1.807, 2.05) is 34.5 Å². The van der Waals surface area contributed by atoms with Gasteiger partial charge in [-0.05, 0) is 30.0 Å². The fraction of sp³-hybridized carbons (Fsp3) is 0.294. The summed E-state index contributed by atoms with van der Waals surface area (Å²) in [6, 6.07) is 7.74. The van der Waals surface area contributed by atoms with Crippen LogP contribution in [0.4, 0.5) is 5.13 Å². The predicted molar refractivity (Wildman–Crippen MR) is 102 cm³/mol. The van der Waals surface area contributed by atoms with E-state index in [9.17, 15) is 4.79 Å². The average Bonchev–Trinajstić information content (AvgIpc) is 3.28. The van der Waals surface area contributed by atoms with Crippen LogP contribution in [-0.4, -0.2) is 42.0 Å². The Morgan fingerprint density at radius 1 is 1.21 bits per heavy atom. The van der Waals surface area contributed by atoms with Crippen molar-refractivity contribution in [3.63, 3.8) is 0 Å². The van der Waals surface area contributed by atoms with E-state index >= 15 is 0 Å². The number of amides is 1. The summed E-state index contributed by atoms with van der Waals surface area (Å²) in [5.74, 6) is 0.132. The quantitative estimate of drug-likeness (QED) is 0.668. The molecule has 0 spiro atoms. The van der Waals surface area contributed by atoms with Crippen molar-refractivity contribution in [1.82, 2.24) is 9.88 Å². The van der Waals surface area contributed by atoms with Gasteiger partial charge in [-0.15, -0.1) is 11.3 Å². The Kier molecular flexibility index (Phi) is 4.20. The number of hydrogen-bond acceptors (Lipinski definition) is 5. The van der Waals surface area contributed by atoms with Crippen molar-refractivity contribution in [2.75, 3.05) is 31.1 Å². The van der Waals surface area contributed by atoms with Crippen molar-refractivity contribution >= 4 is 55.5 Å². The van der Waals surface area contributed by atoms with Crippen molar-refractivity contribution in [3.8, 4) is 0 Å². The van der Waals surface area contributed by atoms with Crippen molar-refractivity contribution in [3.05, 3.63) is 45.1 Å². The van der Waals surface area contributed by atoms with Gasteiger partial charge < -0.3 is 9.80 Å². The van der Waals surface area contributed by atoms with Gasteiger partial charge in [0.1, 0.15) is 0 Å². The third-order valence-electron chi connectivity index (χ3n) is 4.26. The number of piperazine rings is 1. The van der Waals surface area contributed by atoms with E-state index < -0.39 is 0 Å². The molecule has 124 valence electrons. The zero-order valence-electron chi connectivity index (χ0n) is 13.2. The fourth-order valence-corrected chi connectivity index (χ4v) is 4.94. The molecule has 0 unspecified atom stereocenters. The van der Waals surface area contributed by atoms with Gasteiger partial charge in [-0.3, -0.25) is 4.79 Å². The second kappa shape index (κ2) is 6.35. The number of aryl methyl sites for hydroxylation is 1. The molecule has 4 rings (SSSR count). The van der Waals surface area contributed by atoms with E-state index in [1.54, 1.807) is 11.3 Å². The van der Waals surface area contributed by atoms with Crippen LogP contribution in [0.1, 0.15) is 15.2 Å². The molecule has 1 saturated heterocycles. The van der Waals surface area contributed by atoms with Gasteiger partial charge in [-0.2, -0.15) is 0 Å². The van der Waals surface area contributed by atoms with Crippen LogP contribution in [0.5, 0.6) is 0 Å². The van der Waals surface area contributed by atoms with Gasteiger partial charge in [-0.1, -0.05) is 35.1 Å². The Balaban J connectivity index is 1.51. The number of halogens is 1. The topological polar surface area (TPSA) is 36.4 Å². The highest BCUT2D eigenvalue weighted by Crippen LogP contribution is 2.35. The summed E-state index contributed by atoms with van der Waals surface area (Å²) in [6.45, 7) is 5.10. The molecule has 1 aliphatic rings. The smallest absolute Gasteiger partial charge is 0.264 e. The van der Waals surface area contributed by atoms with Crippen LogP contribution >= 0.6 is 34.3 Å². The SMILES string of the molecule is Cc1ccc(Cl)c2sc(N3CCN(C(=O)c4cccs4)CC3)nc12. The zero-order chi connectivity index (χ0) is 16.7. The fourth-order valence-electron chi connectivity index (χ4n) is 2.88. The highest BCUT2D eigenvalue weighted by Gasteiger charge is 2.24. The number of anilines is 1. The van der Waals surface area contributed by atoms with E-state index in [0.29, 0.717) is 0 Å². The number of aromatic nitrogens is 1. The highest BCUT2D eigenvalue weighted by molar-refractivity contribution is 7.22. The number of hydrogen-bond donors (Lipinski definition) is 0. The molecule has 7 heteroatoms. The molecule has 1 fully saturated rings. The molecule has 0 radical (unpaired) electrons. The van der Waals surface area contributed by atoms with Crippen LogP contribution in [0, 0.1) is 6.92 Å². The summed E-state index contributed by atoms with van der Waals surface area (Å²) >= 11 is 9.43. The summed E-state index contributed by atoms with van der Waals surface area (Å²) in [5.41, 5.74) is 2.13. The molecule has 0 bridgehead atoms. The molecule has 3 aromatic rings. The standard InChI is InChI=1S/C17H16ClN3OS2/c1-11-4-5-12(18)15-14(11)19-17(24-15)21-8-6-20(7-9-21)16(22)13-3-2-10-23-13/h2-5,10H,6-9H2,1H3. The molecule has 4 nitrogen and oxygen atoms in total. The first-order valence-corrected chi connectivity index (χ1v) is 9.84. The van der Waals surface area contributed by atoms with Gasteiger partial charge in [-0.25, -0.2) is 4.98 Å². The lowest BCUT2D eigenvalue weighted by atomic mass is 10.2. The van der Waals surface area contributed by atoms with E-state index in [4.69, 9.17) is 16.6 Å². The lowest BCUT2D eigenvalue weighted by Crippen LogP contribution is -2.48. The van der Waals surface area contributed by atoms with Crippen LogP contribution in [-0.2, 0) is 0 Å².